The van der Waals surface area contributed by atoms with Crippen molar-refractivity contribution in [3.63, 3.8) is 0 Å². The van der Waals surface area contributed by atoms with Gasteiger partial charge in [0.15, 0.2) is 5.82 Å². The van der Waals surface area contributed by atoms with E-state index in [2.05, 4.69) is 146 Å². The Morgan fingerprint density at radius 3 is 1.48 bits per heavy atom. The first-order valence-corrected chi connectivity index (χ1v) is 15.7. The molecule has 2 heteroatoms. The standard InChI is InChI=1S/C44H28N2/c1-3-12-31(13-4-1)41-28-42(46-44(45-41)32-14-5-2-6-15-32)37-19-10-7-16-33(37)29-22-24-30(25-23-29)34-26-27-40-36-18-9-8-17-35(36)39-21-11-20-38(34)43(39)40/h1-28H. The van der Waals surface area contributed by atoms with Crippen molar-refractivity contribution in [1.82, 2.24) is 9.97 Å². The molecular formula is C44H28N2. The Hall–Kier alpha value is -6.12. The minimum atomic E-state index is 0.719. The summed E-state index contributed by atoms with van der Waals surface area (Å²) in [7, 11) is 0. The molecule has 214 valence electrons. The van der Waals surface area contributed by atoms with Crippen LogP contribution in [0.25, 0.3) is 89.2 Å². The molecule has 0 fully saturated rings. The molecule has 9 rings (SSSR count). The van der Waals surface area contributed by atoms with Crippen molar-refractivity contribution < 1.29 is 0 Å². The van der Waals surface area contributed by atoms with Crippen LogP contribution >= 0.6 is 0 Å². The van der Waals surface area contributed by atoms with E-state index in [1.807, 2.05) is 24.3 Å². The SMILES string of the molecule is c1ccc(-c2cc(-c3ccccc3-c3ccc(-c4ccc5c6c(cccc46)-c4ccccc4-5)cc3)nc(-c3ccccc3)n2)cc1. The van der Waals surface area contributed by atoms with E-state index in [0.717, 1.165) is 45.0 Å². The predicted octanol–water partition coefficient (Wildman–Crippen LogP) is 11.6. The molecule has 1 aromatic heterocycles. The molecule has 1 aliphatic rings. The molecule has 46 heavy (non-hydrogen) atoms. The van der Waals surface area contributed by atoms with Crippen LogP contribution in [0.4, 0.5) is 0 Å². The molecule has 2 nitrogen and oxygen atoms in total. The summed E-state index contributed by atoms with van der Waals surface area (Å²) in [6.07, 6.45) is 0. The molecule has 0 spiro atoms. The molecule has 8 aromatic rings. The van der Waals surface area contributed by atoms with Crippen LogP contribution in [0.5, 0.6) is 0 Å². The van der Waals surface area contributed by atoms with Gasteiger partial charge in [0.1, 0.15) is 0 Å². The number of fused-ring (bicyclic) bond motifs is 3. The first-order valence-electron chi connectivity index (χ1n) is 15.7. The van der Waals surface area contributed by atoms with Crippen LogP contribution in [-0.2, 0) is 0 Å². The molecule has 0 bridgehead atoms. The van der Waals surface area contributed by atoms with Crippen LogP contribution < -0.4 is 0 Å². The van der Waals surface area contributed by atoms with Gasteiger partial charge in [-0.2, -0.15) is 0 Å². The fourth-order valence-corrected chi connectivity index (χ4v) is 6.91. The Bertz CT molecular complexity index is 2300. The van der Waals surface area contributed by atoms with E-state index in [1.54, 1.807) is 0 Å². The van der Waals surface area contributed by atoms with Gasteiger partial charge in [0, 0.05) is 16.7 Å². The van der Waals surface area contributed by atoms with Crippen molar-refractivity contribution in [3.05, 3.63) is 170 Å². The minimum absolute atomic E-state index is 0.719. The van der Waals surface area contributed by atoms with Crippen LogP contribution in [0.1, 0.15) is 0 Å². The van der Waals surface area contributed by atoms with E-state index in [0.29, 0.717) is 0 Å². The fourth-order valence-electron chi connectivity index (χ4n) is 6.91. The largest absolute Gasteiger partial charge is 0.228 e. The van der Waals surface area contributed by atoms with E-state index in [4.69, 9.17) is 9.97 Å². The highest BCUT2D eigenvalue weighted by atomic mass is 14.9. The summed E-state index contributed by atoms with van der Waals surface area (Å²) >= 11 is 0. The van der Waals surface area contributed by atoms with Crippen molar-refractivity contribution in [2.24, 2.45) is 0 Å². The first kappa shape index (κ1) is 26.3. The summed E-state index contributed by atoms with van der Waals surface area (Å²) in [4.78, 5) is 10.1. The molecule has 1 heterocycles. The molecular weight excluding hydrogens is 556 g/mol. The Morgan fingerprint density at radius 2 is 0.783 bits per heavy atom. The first-order chi connectivity index (χ1) is 22.8. The summed E-state index contributed by atoms with van der Waals surface area (Å²) in [6.45, 7) is 0. The van der Waals surface area contributed by atoms with Gasteiger partial charge in [0.05, 0.1) is 11.4 Å². The van der Waals surface area contributed by atoms with Gasteiger partial charge >= 0.3 is 0 Å². The van der Waals surface area contributed by atoms with Gasteiger partial charge < -0.3 is 0 Å². The molecule has 1 aliphatic carbocycles. The van der Waals surface area contributed by atoms with Crippen molar-refractivity contribution in [3.8, 4) is 78.4 Å². The number of aromatic nitrogens is 2. The second-order valence-electron chi connectivity index (χ2n) is 11.8. The van der Waals surface area contributed by atoms with Gasteiger partial charge in [-0.25, -0.2) is 9.97 Å². The van der Waals surface area contributed by atoms with Gasteiger partial charge in [0.2, 0.25) is 0 Å². The zero-order valence-electron chi connectivity index (χ0n) is 25.1. The highest BCUT2D eigenvalue weighted by Crippen LogP contribution is 2.49. The Morgan fingerprint density at radius 1 is 0.283 bits per heavy atom. The molecule has 0 aliphatic heterocycles. The maximum atomic E-state index is 5.11. The van der Waals surface area contributed by atoms with Crippen LogP contribution in [0, 0.1) is 0 Å². The summed E-state index contributed by atoms with van der Waals surface area (Å²) in [6, 6.07) is 60.2. The monoisotopic (exact) mass is 584 g/mol. The highest BCUT2D eigenvalue weighted by molar-refractivity contribution is 6.18. The average molecular weight is 585 g/mol. The average Bonchev–Trinajstić information content (AvgIpc) is 3.47. The molecule has 0 saturated heterocycles. The van der Waals surface area contributed by atoms with Crippen LogP contribution in [0.15, 0.2) is 170 Å². The molecule has 0 atom stereocenters. The third-order valence-electron chi connectivity index (χ3n) is 9.09. The lowest BCUT2D eigenvalue weighted by molar-refractivity contribution is 1.18. The van der Waals surface area contributed by atoms with Gasteiger partial charge in [-0.3, -0.25) is 0 Å². The number of hydrogen-bond donors (Lipinski definition) is 0. The quantitative estimate of drug-likeness (QED) is 0.201. The van der Waals surface area contributed by atoms with Crippen molar-refractivity contribution in [2.45, 2.75) is 0 Å². The Kier molecular flexibility index (Phi) is 6.17. The molecule has 0 unspecified atom stereocenters. The molecule has 0 N–H and O–H groups in total. The topological polar surface area (TPSA) is 25.8 Å². The third-order valence-corrected chi connectivity index (χ3v) is 9.09. The van der Waals surface area contributed by atoms with E-state index >= 15 is 0 Å². The van der Waals surface area contributed by atoms with Gasteiger partial charge in [0.25, 0.3) is 0 Å². The fraction of sp³-hybridized carbons (Fsp3) is 0. The number of rotatable bonds is 5. The van der Waals surface area contributed by atoms with E-state index in [9.17, 15) is 0 Å². The second kappa shape index (κ2) is 10.8. The maximum absolute atomic E-state index is 5.11. The summed E-state index contributed by atoms with van der Waals surface area (Å²) < 4.78 is 0. The van der Waals surface area contributed by atoms with Crippen molar-refractivity contribution in [1.29, 1.82) is 0 Å². The minimum Gasteiger partial charge on any atom is -0.228 e. The maximum Gasteiger partial charge on any atom is 0.160 e. The van der Waals surface area contributed by atoms with E-state index in [-0.39, 0.29) is 0 Å². The zero-order valence-corrected chi connectivity index (χ0v) is 25.1. The lowest BCUT2D eigenvalue weighted by Crippen LogP contribution is -1.97. The Balaban J connectivity index is 1.14. The zero-order chi connectivity index (χ0) is 30.5. The molecule has 0 amide bonds. The second-order valence-corrected chi connectivity index (χ2v) is 11.8. The van der Waals surface area contributed by atoms with E-state index < -0.39 is 0 Å². The lowest BCUT2D eigenvalue weighted by Gasteiger charge is -2.14. The Labute approximate surface area is 268 Å². The predicted molar refractivity (Wildman–Crippen MR) is 191 cm³/mol. The third kappa shape index (κ3) is 4.35. The van der Waals surface area contributed by atoms with Gasteiger partial charge in [-0.15, -0.1) is 0 Å². The number of benzene rings is 7. The van der Waals surface area contributed by atoms with Crippen LogP contribution in [-0.4, -0.2) is 9.97 Å². The summed E-state index contributed by atoms with van der Waals surface area (Å²) in [5.41, 5.74) is 15.0. The molecule has 0 saturated carbocycles. The van der Waals surface area contributed by atoms with Gasteiger partial charge in [-0.05, 0) is 61.3 Å². The normalized spacial score (nSPS) is 11.5. The van der Waals surface area contributed by atoms with Crippen LogP contribution in [0.2, 0.25) is 0 Å². The van der Waals surface area contributed by atoms with Gasteiger partial charge in [-0.1, -0.05) is 164 Å². The summed E-state index contributed by atoms with van der Waals surface area (Å²) in [5, 5.41) is 2.64. The summed E-state index contributed by atoms with van der Waals surface area (Å²) in [5.74, 6) is 0.719. The van der Waals surface area contributed by atoms with Crippen LogP contribution in [0.3, 0.4) is 0 Å². The van der Waals surface area contributed by atoms with E-state index in [1.165, 1.54) is 44.2 Å². The molecule has 0 radical (unpaired) electrons. The number of hydrogen-bond acceptors (Lipinski definition) is 2. The smallest absolute Gasteiger partial charge is 0.160 e. The molecule has 7 aromatic carbocycles. The van der Waals surface area contributed by atoms with Crippen molar-refractivity contribution in [2.75, 3.05) is 0 Å². The number of nitrogens with zero attached hydrogens (tertiary/aromatic N) is 2. The lowest BCUT2D eigenvalue weighted by atomic mass is 9.92. The van der Waals surface area contributed by atoms with Crippen molar-refractivity contribution >= 4 is 10.8 Å². The highest BCUT2D eigenvalue weighted by Gasteiger charge is 2.22.